The van der Waals surface area contributed by atoms with Gasteiger partial charge in [-0.1, -0.05) is 35.9 Å². The van der Waals surface area contributed by atoms with E-state index in [0.717, 1.165) is 22.5 Å². The Morgan fingerprint density at radius 2 is 1.87 bits per heavy atom. The van der Waals surface area contributed by atoms with Gasteiger partial charge in [0.05, 0.1) is 12.2 Å². The van der Waals surface area contributed by atoms with Crippen molar-refractivity contribution in [2.24, 2.45) is 0 Å². The van der Waals surface area contributed by atoms with Crippen molar-refractivity contribution >= 4 is 22.4 Å². The number of aryl methyl sites for hydroxylation is 2. The zero-order valence-corrected chi connectivity index (χ0v) is 17.4. The first kappa shape index (κ1) is 19.7. The average molecular weight is 417 g/mol. The van der Waals surface area contributed by atoms with Crippen molar-refractivity contribution in [2.75, 3.05) is 5.32 Å². The van der Waals surface area contributed by atoms with Crippen molar-refractivity contribution in [2.45, 2.75) is 20.4 Å². The second-order valence-corrected chi connectivity index (χ2v) is 7.88. The molecular weight excluding hydrogens is 396 g/mol. The van der Waals surface area contributed by atoms with E-state index in [1.54, 1.807) is 16.8 Å². The predicted octanol–water partition coefficient (Wildman–Crippen LogP) is 4.28. The van der Waals surface area contributed by atoms with Crippen LogP contribution in [0.1, 0.15) is 27.2 Å². The number of hydrogen-bond donors (Lipinski definition) is 1. The van der Waals surface area contributed by atoms with Gasteiger partial charge in [0.1, 0.15) is 5.69 Å². The number of carbonyl (C=O) groups excluding carboxylic acids is 1. The number of benzene rings is 1. The first-order valence-electron chi connectivity index (χ1n) is 9.45. The molecule has 30 heavy (non-hydrogen) atoms. The molecule has 0 fully saturated rings. The largest absolute Gasteiger partial charge is 0.311 e. The van der Waals surface area contributed by atoms with Crippen LogP contribution in [-0.2, 0) is 6.54 Å². The Labute approximate surface area is 177 Å². The molecule has 3 aromatic heterocycles. The maximum atomic E-state index is 12.6. The van der Waals surface area contributed by atoms with Gasteiger partial charge in [0.2, 0.25) is 0 Å². The summed E-state index contributed by atoms with van der Waals surface area (Å²) >= 11 is 1.32. The van der Waals surface area contributed by atoms with Crippen LogP contribution in [0.3, 0.4) is 0 Å². The molecule has 0 aliphatic carbocycles. The Balaban J connectivity index is 1.48. The zero-order valence-electron chi connectivity index (χ0n) is 16.6. The first-order chi connectivity index (χ1) is 14.5. The van der Waals surface area contributed by atoms with E-state index in [1.165, 1.54) is 17.4 Å². The minimum atomic E-state index is -0.368. The molecule has 150 valence electrons. The number of nitrogens with zero attached hydrogens (tertiary/aromatic N) is 3. The Morgan fingerprint density at radius 3 is 2.63 bits per heavy atom. The molecule has 0 aliphatic heterocycles. The van der Waals surface area contributed by atoms with E-state index in [0.29, 0.717) is 22.9 Å². The van der Waals surface area contributed by atoms with Gasteiger partial charge in [0.25, 0.3) is 11.5 Å². The first-order valence-corrected chi connectivity index (χ1v) is 10.3. The fraction of sp³-hybridized carbons (Fsp3) is 0.130. The molecule has 0 bridgehead atoms. The second-order valence-electron chi connectivity index (χ2n) is 7.03. The Bertz CT molecular complexity index is 1280. The summed E-state index contributed by atoms with van der Waals surface area (Å²) < 4.78 is 1.58. The van der Waals surface area contributed by atoms with Crippen LogP contribution in [0, 0.1) is 13.8 Å². The molecule has 0 unspecified atom stereocenters. The summed E-state index contributed by atoms with van der Waals surface area (Å²) in [5.41, 5.74) is 4.60. The molecule has 4 rings (SSSR count). The lowest BCUT2D eigenvalue weighted by molar-refractivity contribution is 0.102. The van der Waals surface area contributed by atoms with Gasteiger partial charge in [-0.3, -0.25) is 19.9 Å². The third-order valence-corrected chi connectivity index (χ3v) is 5.33. The average Bonchev–Trinajstić information content (AvgIpc) is 3.18. The molecule has 0 saturated carbocycles. The molecule has 1 amide bonds. The van der Waals surface area contributed by atoms with Gasteiger partial charge >= 0.3 is 0 Å². The topological polar surface area (TPSA) is 76.9 Å². The van der Waals surface area contributed by atoms with Crippen molar-refractivity contribution in [3.05, 3.63) is 98.9 Å². The number of thiazole rings is 1. The summed E-state index contributed by atoms with van der Waals surface area (Å²) in [6.07, 6.45) is 1.64. The molecule has 1 N–H and O–H groups in total. The normalized spacial score (nSPS) is 10.7. The molecule has 0 spiro atoms. The van der Waals surface area contributed by atoms with E-state index in [4.69, 9.17) is 0 Å². The fourth-order valence-electron chi connectivity index (χ4n) is 3.09. The molecule has 4 aromatic rings. The number of amides is 1. The highest BCUT2D eigenvalue weighted by atomic mass is 32.1. The molecule has 1 aromatic carbocycles. The van der Waals surface area contributed by atoms with Gasteiger partial charge in [-0.05, 0) is 37.6 Å². The second kappa shape index (κ2) is 8.42. The highest BCUT2D eigenvalue weighted by molar-refractivity contribution is 7.14. The van der Waals surface area contributed by atoms with Gasteiger partial charge in [-0.2, -0.15) is 0 Å². The lowest BCUT2D eigenvalue weighted by atomic mass is 10.1. The summed E-state index contributed by atoms with van der Waals surface area (Å²) in [4.78, 5) is 33.9. The molecule has 0 atom stereocenters. The molecule has 7 heteroatoms. The standard InChI is InChI=1S/C23H20N4O2S/c1-15-5-3-7-17(11-15)13-27-10-9-18(12-21(27)28)22(29)26-23-25-20(14-30-23)19-8-4-6-16(2)24-19/h3-12,14H,13H2,1-2H3,(H,25,26,29). The minimum absolute atomic E-state index is 0.229. The van der Waals surface area contributed by atoms with E-state index in [9.17, 15) is 9.59 Å². The molecule has 0 radical (unpaired) electrons. The molecular formula is C23H20N4O2S. The van der Waals surface area contributed by atoms with Crippen LogP contribution in [-0.4, -0.2) is 20.4 Å². The van der Waals surface area contributed by atoms with Gasteiger partial charge < -0.3 is 4.57 Å². The fourth-order valence-corrected chi connectivity index (χ4v) is 3.79. The van der Waals surface area contributed by atoms with Crippen LogP contribution in [0.2, 0.25) is 0 Å². The van der Waals surface area contributed by atoms with E-state index >= 15 is 0 Å². The van der Waals surface area contributed by atoms with Gasteiger partial charge in [0, 0.05) is 28.9 Å². The molecule has 0 saturated heterocycles. The Kier molecular flexibility index (Phi) is 5.54. The van der Waals surface area contributed by atoms with Crippen molar-refractivity contribution in [1.82, 2.24) is 14.5 Å². The Hall–Kier alpha value is -3.58. The third-order valence-electron chi connectivity index (χ3n) is 4.57. The predicted molar refractivity (Wildman–Crippen MR) is 119 cm³/mol. The van der Waals surface area contributed by atoms with Gasteiger partial charge in [-0.15, -0.1) is 11.3 Å². The lowest BCUT2D eigenvalue weighted by Crippen LogP contribution is -2.22. The summed E-state index contributed by atoms with van der Waals surface area (Å²) in [5.74, 6) is -0.368. The van der Waals surface area contributed by atoms with E-state index < -0.39 is 0 Å². The van der Waals surface area contributed by atoms with Crippen LogP contribution in [0.15, 0.2) is 71.0 Å². The third kappa shape index (κ3) is 4.52. The molecule has 3 heterocycles. The minimum Gasteiger partial charge on any atom is -0.311 e. The van der Waals surface area contributed by atoms with Gasteiger partial charge in [-0.25, -0.2) is 4.98 Å². The number of aromatic nitrogens is 3. The van der Waals surface area contributed by atoms with Crippen LogP contribution in [0.25, 0.3) is 11.4 Å². The van der Waals surface area contributed by atoms with Crippen LogP contribution >= 0.6 is 11.3 Å². The number of pyridine rings is 2. The summed E-state index contributed by atoms with van der Waals surface area (Å²) in [5, 5.41) is 5.06. The van der Waals surface area contributed by atoms with E-state index in [-0.39, 0.29) is 11.5 Å². The number of nitrogens with one attached hydrogen (secondary N) is 1. The SMILES string of the molecule is Cc1cccc(Cn2ccc(C(=O)Nc3nc(-c4cccc(C)n4)cs3)cc2=O)c1. The summed E-state index contributed by atoms with van der Waals surface area (Å²) in [7, 11) is 0. The van der Waals surface area contributed by atoms with E-state index in [2.05, 4.69) is 15.3 Å². The molecule has 6 nitrogen and oxygen atoms in total. The van der Waals surface area contributed by atoms with Crippen LogP contribution in [0.4, 0.5) is 5.13 Å². The number of anilines is 1. The van der Waals surface area contributed by atoms with Crippen molar-refractivity contribution in [3.8, 4) is 11.4 Å². The highest BCUT2D eigenvalue weighted by Crippen LogP contribution is 2.24. The van der Waals surface area contributed by atoms with E-state index in [1.807, 2.05) is 61.7 Å². The highest BCUT2D eigenvalue weighted by Gasteiger charge is 2.12. The maximum absolute atomic E-state index is 12.6. The smallest absolute Gasteiger partial charge is 0.257 e. The summed E-state index contributed by atoms with van der Waals surface area (Å²) in [6.45, 7) is 4.39. The maximum Gasteiger partial charge on any atom is 0.257 e. The molecule has 0 aliphatic rings. The lowest BCUT2D eigenvalue weighted by Gasteiger charge is -2.08. The zero-order chi connectivity index (χ0) is 21.1. The van der Waals surface area contributed by atoms with Crippen molar-refractivity contribution in [3.63, 3.8) is 0 Å². The van der Waals surface area contributed by atoms with Crippen molar-refractivity contribution < 1.29 is 4.79 Å². The van der Waals surface area contributed by atoms with Crippen molar-refractivity contribution in [1.29, 1.82) is 0 Å². The van der Waals surface area contributed by atoms with Crippen LogP contribution in [0.5, 0.6) is 0 Å². The summed E-state index contributed by atoms with van der Waals surface area (Å²) in [6, 6.07) is 16.7. The van der Waals surface area contributed by atoms with Crippen LogP contribution < -0.4 is 10.9 Å². The number of rotatable bonds is 5. The quantitative estimate of drug-likeness (QED) is 0.527. The Morgan fingerprint density at radius 1 is 1.03 bits per heavy atom. The number of carbonyl (C=O) groups is 1. The monoisotopic (exact) mass is 416 g/mol. The number of hydrogen-bond acceptors (Lipinski definition) is 5. The van der Waals surface area contributed by atoms with Gasteiger partial charge in [0.15, 0.2) is 5.13 Å².